The van der Waals surface area contributed by atoms with Crippen molar-refractivity contribution in [1.29, 1.82) is 5.26 Å². The Balaban J connectivity index is 3.08. The van der Waals surface area contributed by atoms with Crippen molar-refractivity contribution in [3.63, 3.8) is 0 Å². The summed E-state index contributed by atoms with van der Waals surface area (Å²) in [6.45, 7) is 0. The SMILES string of the molecule is N#CC(Br)(CBr)c1ccc(Br)cc1. The maximum atomic E-state index is 8.97. The van der Waals surface area contributed by atoms with Gasteiger partial charge in [-0.05, 0) is 17.7 Å². The normalized spacial score (nSPS) is 14.6. The lowest BCUT2D eigenvalue weighted by molar-refractivity contribution is 0.941. The van der Waals surface area contributed by atoms with Gasteiger partial charge in [0.1, 0.15) is 4.32 Å². The molecule has 1 unspecified atom stereocenters. The first-order valence-electron chi connectivity index (χ1n) is 3.54. The molecule has 0 fully saturated rings. The van der Waals surface area contributed by atoms with Gasteiger partial charge in [0.15, 0.2) is 0 Å². The molecule has 0 radical (unpaired) electrons. The topological polar surface area (TPSA) is 23.8 Å². The molecule has 0 aromatic heterocycles. The number of nitriles is 1. The molecule has 0 amide bonds. The number of nitrogens with zero attached hydrogens (tertiary/aromatic N) is 1. The number of benzene rings is 1. The number of alkyl halides is 2. The molecule has 68 valence electrons. The van der Waals surface area contributed by atoms with Crippen LogP contribution in [0.15, 0.2) is 28.7 Å². The lowest BCUT2D eigenvalue weighted by Crippen LogP contribution is -2.16. The predicted octanol–water partition coefficient (Wildman–Crippen LogP) is 3.96. The standard InChI is InChI=1S/C9H6Br3N/c10-5-9(12,6-13)7-1-3-8(11)4-2-7/h1-4H,5H2. The van der Waals surface area contributed by atoms with Crippen LogP contribution < -0.4 is 0 Å². The van der Waals surface area contributed by atoms with Crippen LogP contribution in [-0.4, -0.2) is 5.33 Å². The summed E-state index contributed by atoms with van der Waals surface area (Å²) in [6, 6.07) is 9.90. The van der Waals surface area contributed by atoms with E-state index in [1.807, 2.05) is 24.3 Å². The molecule has 1 aromatic rings. The Kier molecular flexibility index (Phi) is 3.96. The summed E-state index contributed by atoms with van der Waals surface area (Å²) < 4.78 is 0.395. The first kappa shape index (κ1) is 11.2. The highest BCUT2D eigenvalue weighted by Crippen LogP contribution is 2.33. The van der Waals surface area contributed by atoms with Crippen LogP contribution in [0.4, 0.5) is 0 Å². The Hall–Kier alpha value is 0.150. The fraction of sp³-hybridized carbons (Fsp3) is 0.222. The van der Waals surface area contributed by atoms with Crippen molar-refractivity contribution >= 4 is 47.8 Å². The molecule has 0 aliphatic carbocycles. The van der Waals surface area contributed by atoms with Gasteiger partial charge in [0.05, 0.1) is 6.07 Å². The van der Waals surface area contributed by atoms with Crippen LogP contribution in [0.2, 0.25) is 0 Å². The first-order valence-corrected chi connectivity index (χ1v) is 6.25. The monoisotopic (exact) mass is 365 g/mol. The number of rotatable bonds is 2. The van der Waals surface area contributed by atoms with Crippen molar-refractivity contribution in [2.24, 2.45) is 0 Å². The number of hydrogen-bond acceptors (Lipinski definition) is 1. The molecule has 0 spiro atoms. The predicted molar refractivity (Wildman–Crippen MR) is 64.2 cm³/mol. The summed E-state index contributed by atoms with van der Waals surface area (Å²) in [6.07, 6.45) is 0. The fourth-order valence-corrected chi connectivity index (χ4v) is 1.86. The van der Waals surface area contributed by atoms with E-state index in [0.717, 1.165) is 10.0 Å². The number of hydrogen-bond donors (Lipinski definition) is 0. The van der Waals surface area contributed by atoms with E-state index in [0.29, 0.717) is 5.33 Å². The Morgan fingerprint density at radius 2 is 1.85 bits per heavy atom. The largest absolute Gasteiger partial charge is 0.196 e. The fourth-order valence-electron chi connectivity index (χ4n) is 0.886. The lowest BCUT2D eigenvalue weighted by atomic mass is 10.0. The average molecular weight is 368 g/mol. The van der Waals surface area contributed by atoms with E-state index >= 15 is 0 Å². The van der Waals surface area contributed by atoms with Crippen LogP contribution in [0.1, 0.15) is 5.56 Å². The number of halogens is 3. The minimum absolute atomic E-state index is 0.568. The second-order valence-corrected chi connectivity index (χ2v) is 5.38. The summed E-state index contributed by atoms with van der Waals surface area (Å²) in [7, 11) is 0. The molecule has 0 bridgehead atoms. The Labute approximate surface area is 103 Å². The highest BCUT2D eigenvalue weighted by atomic mass is 79.9. The highest BCUT2D eigenvalue weighted by molar-refractivity contribution is 9.12. The zero-order valence-corrected chi connectivity index (χ0v) is 11.4. The van der Waals surface area contributed by atoms with Gasteiger partial charge in [-0.25, -0.2) is 0 Å². The molecular weight excluding hydrogens is 362 g/mol. The molecule has 1 aromatic carbocycles. The van der Waals surface area contributed by atoms with Gasteiger partial charge >= 0.3 is 0 Å². The van der Waals surface area contributed by atoms with Gasteiger partial charge in [-0.1, -0.05) is 59.9 Å². The zero-order chi connectivity index (χ0) is 9.90. The van der Waals surface area contributed by atoms with Gasteiger partial charge < -0.3 is 0 Å². The zero-order valence-electron chi connectivity index (χ0n) is 6.60. The van der Waals surface area contributed by atoms with E-state index in [-0.39, 0.29) is 0 Å². The molecule has 0 aliphatic heterocycles. The maximum Gasteiger partial charge on any atom is 0.146 e. The minimum Gasteiger partial charge on any atom is -0.196 e. The molecule has 0 saturated heterocycles. The molecule has 0 N–H and O–H groups in total. The van der Waals surface area contributed by atoms with Gasteiger partial charge in [0.2, 0.25) is 0 Å². The van der Waals surface area contributed by atoms with Gasteiger partial charge in [0, 0.05) is 9.80 Å². The summed E-state index contributed by atoms with van der Waals surface area (Å²) in [4.78, 5) is 0. The third-order valence-corrected chi connectivity index (χ3v) is 4.70. The smallest absolute Gasteiger partial charge is 0.146 e. The van der Waals surface area contributed by atoms with Crippen LogP contribution in [0.25, 0.3) is 0 Å². The van der Waals surface area contributed by atoms with Crippen molar-refractivity contribution < 1.29 is 0 Å². The van der Waals surface area contributed by atoms with E-state index < -0.39 is 4.32 Å². The second-order valence-electron chi connectivity index (χ2n) is 2.55. The highest BCUT2D eigenvalue weighted by Gasteiger charge is 2.27. The molecule has 1 nitrogen and oxygen atoms in total. The minimum atomic E-state index is -0.617. The summed E-state index contributed by atoms with van der Waals surface area (Å²) >= 11 is 10.0. The van der Waals surface area contributed by atoms with Crippen LogP contribution in [0, 0.1) is 11.3 Å². The van der Waals surface area contributed by atoms with Gasteiger partial charge in [-0.15, -0.1) is 0 Å². The second kappa shape index (κ2) is 4.59. The van der Waals surface area contributed by atoms with Crippen LogP contribution in [-0.2, 0) is 4.32 Å². The maximum absolute atomic E-state index is 8.97. The van der Waals surface area contributed by atoms with E-state index in [1.54, 1.807) is 0 Å². The molecule has 0 saturated carbocycles. The molecule has 0 aliphatic rings. The molecule has 13 heavy (non-hydrogen) atoms. The Bertz CT molecular complexity index is 328. The van der Waals surface area contributed by atoms with E-state index in [4.69, 9.17) is 5.26 Å². The van der Waals surface area contributed by atoms with E-state index in [1.165, 1.54) is 0 Å². The molecular formula is C9H6Br3N. The lowest BCUT2D eigenvalue weighted by Gasteiger charge is -2.16. The van der Waals surface area contributed by atoms with Gasteiger partial charge in [-0.3, -0.25) is 0 Å². The average Bonchev–Trinajstić information content (AvgIpc) is 2.18. The molecule has 4 heteroatoms. The van der Waals surface area contributed by atoms with E-state index in [9.17, 15) is 0 Å². The summed E-state index contributed by atoms with van der Waals surface area (Å²) in [5, 5.41) is 9.54. The molecule has 1 atom stereocenters. The van der Waals surface area contributed by atoms with Crippen LogP contribution in [0.3, 0.4) is 0 Å². The third-order valence-electron chi connectivity index (χ3n) is 1.66. The van der Waals surface area contributed by atoms with Gasteiger partial charge in [-0.2, -0.15) is 5.26 Å². The first-order chi connectivity index (χ1) is 6.12. The Morgan fingerprint density at radius 3 is 2.23 bits per heavy atom. The molecule has 1 rings (SSSR count). The van der Waals surface area contributed by atoms with Crippen molar-refractivity contribution in [1.82, 2.24) is 0 Å². The van der Waals surface area contributed by atoms with E-state index in [2.05, 4.69) is 53.9 Å². The van der Waals surface area contributed by atoms with Crippen molar-refractivity contribution in [3.05, 3.63) is 34.3 Å². The van der Waals surface area contributed by atoms with Crippen molar-refractivity contribution in [2.45, 2.75) is 4.32 Å². The van der Waals surface area contributed by atoms with Crippen molar-refractivity contribution in [3.8, 4) is 6.07 Å². The van der Waals surface area contributed by atoms with Gasteiger partial charge in [0.25, 0.3) is 0 Å². The van der Waals surface area contributed by atoms with Crippen molar-refractivity contribution in [2.75, 3.05) is 5.33 Å². The molecule has 0 heterocycles. The van der Waals surface area contributed by atoms with Crippen LogP contribution in [0.5, 0.6) is 0 Å². The summed E-state index contributed by atoms with van der Waals surface area (Å²) in [5.41, 5.74) is 0.954. The van der Waals surface area contributed by atoms with Crippen LogP contribution >= 0.6 is 47.8 Å². The quantitative estimate of drug-likeness (QED) is 0.726. The summed E-state index contributed by atoms with van der Waals surface area (Å²) in [5.74, 6) is 0. The Morgan fingerprint density at radius 1 is 1.31 bits per heavy atom. The third kappa shape index (κ3) is 2.55.